The lowest BCUT2D eigenvalue weighted by atomic mass is 9.64. The lowest BCUT2D eigenvalue weighted by molar-refractivity contribution is -0.124. The van der Waals surface area contributed by atoms with Gasteiger partial charge in [0.05, 0.1) is 12.5 Å². The van der Waals surface area contributed by atoms with Gasteiger partial charge in [-0.2, -0.15) is 0 Å². The van der Waals surface area contributed by atoms with Gasteiger partial charge in [-0.3, -0.25) is 4.79 Å². The smallest absolute Gasteiger partial charge is 0.235 e. The van der Waals surface area contributed by atoms with Crippen LogP contribution in [0.4, 0.5) is 5.69 Å². The Balaban J connectivity index is 1.80. The van der Waals surface area contributed by atoms with Crippen LogP contribution in [0, 0.1) is 0 Å². The van der Waals surface area contributed by atoms with Gasteiger partial charge in [-0.25, -0.2) is 0 Å². The van der Waals surface area contributed by atoms with Gasteiger partial charge in [0.1, 0.15) is 5.75 Å². The molecule has 1 aliphatic rings. The lowest BCUT2D eigenvalue weighted by Crippen LogP contribution is -2.45. The van der Waals surface area contributed by atoms with Gasteiger partial charge in [0.2, 0.25) is 5.91 Å². The Kier molecular flexibility index (Phi) is 4.08. The molecule has 4 heteroatoms. The average molecular weight is 316 g/mol. The number of nitrogens with one attached hydrogen (secondary N) is 1. The molecule has 0 radical (unpaired) electrons. The summed E-state index contributed by atoms with van der Waals surface area (Å²) in [5.74, 6) is 0.820. The van der Waals surface area contributed by atoms with Crippen molar-refractivity contribution in [3.8, 4) is 5.75 Å². The van der Waals surface area contributed by atoms with Gasteiger partial charge in [0.25, 0.3) is 0 Å². The van der Waals surface area contributed by atoms with Crippen LogP contribution in [-0.2, 0) is 10.2 Å². The molecule has 0 atom stereocenters. The van der Waals surface area contributed by atoms with Gasteiger partial charge < -0.3 is 10.1 Å². The van der Waals surface area contributed by atoms with Crippen LogP contribution in [0.25, 0.3) is 0 Å². The molecule has 0 spiro atoms. The Morgan fingerprint density at radius 3 is 2.23 bits per heavy atom. The number of hydrogen-bond donors (Lipinski definition) is 1. The first kappa shape index (κ1) is 14.9. The monoisotopic (exact) mass is 315 g/mol. The van der Waals surface area contributed by atoms with Crippen LogP contribution < -0.4 is 10.1 Å². The van der Waals surface area contributed by atoms with Gasteiger partial charge in [-0.15, -0.1) is 0 Å². The Hall–Kier alpha value is -2.00. The molecule has 1 fully saturated rings. The molecule has 2 aromatic rings. The molecule has 1 N–H and O–H groups in total. The maximum Gasteiger partial charge on any atom is 0.235 e. The SMILES string of the molecule is COc1ccc(NC(=O)C2(c3ccc(Cl)cc3)CCC2)cc1. The van der Waals surface area contributed by atoms with Crippen LogP contribution in [0.2, 0.25) is 5.02 Å². The number of carbonyl (C=O) groups excluding carboxylic acids is 1. The largest absolute Gasteiger partial charge is 0.497 e. The Bertz CT molecular complexity index is 660. The highest BCUT2D eigenvalue weighted by Gasteiger charge is 2.45. The van der Waals surface area contributed by atoms with Crippen LogP contribution in [0.5, 0.6) is 5.75 Å². The summed E-state index contributed by atoms with van der Waals surface area (Å²) in [6, 6.07) is 15.0. The first-order chi connectivity index (χ1) is 10.6. The minimum absolute atomic E-state index is 0.0474. The van der Waals surface area contributed by atoms with E-state index in [4.69, 9.17) is 16.3 Å². The fourth-order valence-electron chi connectivity index (χ4n) is 2.87. The second kappa shape index (κ2) is 6.01. The maximum absolute atomic E-state index is 12.8. The van der Waals surface area contributed by atoms with E-state index in [2.05, 4.69) is 5.32 Å². The normalized spacial score (nSPS) is 15.7. The van der Waals surface area contributed by atoms with E-state index in [0.717, 1.165) is 36.3 Å². The van der Waals surface area contributed by atoms with Crippen LogP contribution in [0.1, 0.15) is 24.8 Å². The number of methoxy groups -OCH3 is 1. The van der Waals surface area contributed by atoms with Gasteiger partial charge in [0.15, 0.2) is 0 Å². The number of hydrogen-bond acceptors (Lipinski definition) is 2. The zero-order valence-electron chi connectivity index (χ0n) is 12.4. The number of ether oxygens (including phenoxy) is 1. The van der Waals surface area contributed by atoms with Crippen molar-refractivity contribution in [1.29, 1.82) is 0 Å². The molecule has 0 bridgehead atoms. The van der Waals surface area contributed by atoms with Crippen molar-refractivity contribution in [3.63, 3.8) is 0 Å². The lowest BCUT2D eigenvalue weighted by Gasteiger charge is -2.40. The van der Waals surface area contributed by atoms with Crippen molar-refractivity contribution >= 4 is 23.2 Å². The second-order valence-corrected chi connectivity index (χ2v) is 6.06. The molecule has 1 saturated carbocycles. The van der Waals surface area contributed by atoms with Crippen molar-refractivity contribution in [2.45, 2.75) is 24.7 Å². The van der Waals surface area contributed by atoms with Crippen LogP contribution >= 0.6 is 11.6 Å². The summed E-state index contributed by atoms with van der Waals surface area (Å²) in [4.78, 5) is 12.8. The molecule has 0 aromatic heterocycles. The second-order valence-electron chi connectivity index (χ2n) is 5.63. The molecule has 22 heavy (non-hydrogen) atoms. The molecule has 3 rings (SSSR count). The number of anilines is 1. The molecule has 0 aliphatic heterocycles. The molecule has 3 nitrogen and oxygen atoms in total. The van der Waals surface area contributed by atoms with Gasteiger partial charge in [-0.05, 0) is 54.8 Å². The van der Waals surface area contributed by atoms with E-state index >= 15 is 0 Å². The third-order valence-corrected chi connectivity index (χ3v) is 4.64. The standard InChI is InChI=1S/C18H18ClNO2/c1-22-16-9-7-15(8-10-16)20-17(21)18(11-2-12-18)13-3-5-14(19)6-4-13/h3-10H,2,11-12H2,1H3,(H,20,21). The fraction of sp³-hybridized carbons (Fsp3) is 0.278. The molecule has 1 amide bonds. The summed E-state index contributed by atoms with van der Waals surface area (Å²) in [7, 11) is 1.62. The van der Waals surface area contributed by atoms with E-state index in [1.165, 1.54) is 0 Å². The molecule has 0 saturated heterocycles. The molecular formula is C18H18ClNO2. The zero-order chi connectivity index (χ0) is 15.6. The van der Waals surface area contributed by atoms with Crippen molar-refractivity contribution in [3.05, 3.63) is 59.1 Å². The van der Waals surface area contributed by atoms with Crippen molar-refractivity contribution in [1.82, 2.24) is 0 Å². The predicted octanol–water partition coefficient (Wildman–Crippen LogP) is 4.41. The highest BCUT2D eigenvalue weighted by molar-refractivity contribution is 6.30. The van der Waals surface area contributed by atoms with Crippen molar-refractivity contribution in [2.24, 2.45) is 0 Å². The van der Waals surface area contributed by atoms with Gasteiger partial charge >= 0.3 is 0 Å². The topological polar surface area (TPSA) is 38.3 Å². The molecule has 114 valence electrons. The quantitative estimate of drug-likeness (QED) is 0.907. The van der Waals surface area contributed by atoms with E-state index < -0.39 is 5.41 Å². The first-order valence-corrected chi connectivity index (χ1v) is 7.73. The molecule has 2 aromatic carbocycles. The highest BCUT2D eigenvalue weighted by Crippen LogP contribution is 2.44. The summed E-state index contributed by atoms with van der Waals surface area (Å²) in [6.45, 7) is 0. The number of halogens is 1. The summed E-state index contributed by atoms with van der Waals surface area (Å²) < 4.78 is 5.13. The fourth-order valence-corrected chi connectivity index (χ4v) is 3.00. The first-order valence-electron chi connectivity index (χ1n) is 7.36. The minimum Gasteiger partial charge on any atom is -0.497 e. The van der Waals surface area contributed by atoms with Gasteiger partial charge in [0, 0.05) is 10.7 Å². The molecular weight excluding hydrogens is 298 g/mol. The van der Waals surface area contributed by atoms with E-state index in [9.17, 15) is 4.79 Å². The number of rotatable bonds is 4. The minimum atomic E-state index is -0.426. The Morgan fingerprint density at radius 2 is 1.73 bits per heavy atom. The maximum atomic E-state index is 12.8. The van der Waals surface area contributed by atoms with Gasteiger partial charge in [-0.1, -0.05) is 30.2 Å². The number of carbonyl (C=O) groups is 1. The van der Waals surface area contributed by atoms with E-state index in [1.54, 1.807) is 7.11 Å². The molecule has 1 aliphatic carbocycles. The number of benzene rings is 2. The van der Waals surface area contributed by atoms with E-state index in [1.807, 2.05) is 48.5 Å². The summed E-state index contributed by atoms with van der Waals surface area (Å²) >= 11 is 5.95. The van der Waals surface area contributed by atoms with Crippen molar-refractivity contribution in [2.75, 3.05) is 12.4 Å². The average Bonchev–Trinajstić information content (AvgIpc) is 2.49. The third-order valence-electron chi connectivity index (χ3n) is 4.39. The summed E-state index contributed by atoms with van der Waals surface area (Å²) in [6.07, 6.45) is 2.81. The molecule has 0 unspecified atom stereocenters. The summed E-state index contributed by atoms with van der Waals surface area (Å²) in [5.41, 5.74) is 1.39. The van der Waals surface area contributed by atoms with Crippen LogP contribution in [0.3, 0.4) is 0 Å². The third kappa shape index (κ3) is 2.69. The zero-order valence-corrected chi connectivity index (χ0v) is 13.2. The molecule has 0 heterocycles. The Labute approximate surface area is 135 Å². The predicted molar refractivity (Wildman–Crippen MR) is 88.6 cm³/mol. The number of amides is 1. The van der Waals surface area contributed by atoms with Crippen LogP contribution in [0.15, 0.2) is 48.5 Å². The van der Waals surface area contributed by atoms with Crippen LogP contribution in [-0.4, -0.2) is 13.0 Å². The van der Waals surface area contributed by atoms with E-state index in [-0.39, 0.29) is 5.91 Å². The highest BCUT2D eigenvalue weighted by atomic mass is 35.5. The summed E-state index contributed by atoms with van der Waals surface area (Å²) in [5, 5.41) is 3.71. The Morgan fingerprint density at radius 1 is 1.09 bits per heavy atom. The van der Waals surface area contributed by atoms with Crippen molar-refractivity contribution < 1.29 is 9.53 Å². The van der Waals surface area contributed by atoms with E-state index in [0.29, 0.717) is 5.02 Å².